The van der Waals surface area contributed by atoms with Crippen molar-refractivity contribution >= 4 is 0 Å². The molecular formula is C13H13NO. The summed E-state index contributed by atoms with van der Waals surface area (Å²) in [7, 11) is 0. The lowest BCUT2D eigenvalue weighted by Crippen LogP contribution is -2.15. The molecule has 0 spiro atoms. The number of hydrogen-bond donors (Lipinski definition) is 0. The van der Waals surface area contributed by atoms with Crippen LogP contribution in [0, 0.1) is 13.8 Å². The van der Waals surface area contributed by atoms with Crippen molar-refractivity contribution in [3.63, 3.8) is 0 Å². The van der Waals surface area contributed by atoms with E-state index in [4.69, 9.17) is 0 Å². The average molecular weight is 199 g/mol. The largest absolute Gasteiger partial charge is 0.284 e. The number of rotatable bonds is 1. The Morgan fingerprint density at radius 2 is 1.67 bits per heavy atom. The Morgan fingerprint density at radius 1 is 1.00 bits per heavy atom. The van der Waals surface area contributed by atoms with Crippen LogP contribution in [0.3, 0.4) is 0 Å². The summed E-state index contributed by atoms with van der Waals surface area (Å²) in [5, 5.41) is 0. The van der Waals surface area contributed by atoms with Crippen LogP contribution in [-0.4, -0.2) is 4.57 Å². The second kappa shape index (κ2) is 3.73. The molecule has 1 heterocycles. The van der Waals surface area contributed by atoms with Crippen molar-refractivity contribution in [2.75, 3.05) is 0 Å². The van der Waals surface area contributed by atoms with Gasteiger partial charge in [0, 0.05) is 18.0 Å². The van der Waals surface area contributed by atoms with E-state index in [0.717, 1.165) is 5.69 Å². The van der Waals surface area contributed by atoms with Gasteiger partial charge in [-0.2, -0.15) is 0 Å². The first-order valence-electron chi connectivity index (χ1n) is 4.93. The third kappa shape index (κ3) is 1.99. The summed E-state index contributed by atoms with van der Waals surface area (Å²) in [6.45, 7) is 4.06. The van der Waals surface area contributed by atoms with Gasteiger partial charge in [0.05, 0.1) is 0 Å². The Hall–Kier alpha value is -1.83. The van der Waals surface area contributed by atoms with Gasteiger partial charge >= 0.3 is 0 Å². The molecule has 0 saturated heterocycles. The molecule has 0 saturated carbocycles. The molecule has 2 aromatic rings. The van der Waals surface area contributed by atoms with Crippen molar-refractivity contribution in [2.45, 2.75) is 13.8 Å². The highest BCUT2D eigenvalue weighted by molar-refractivity contribution is 5.39. The predicted molar refractivity (Wildman–Crippen MR) is 61.5 cm³/mol. The van der Waals surface area contributed by atoms with Crippen LogP contribution in [0.5, 0.6) is 0 Å². The van der Waals surface area contributed by atoms with Gasteiger partial charge in [-0.25, -0.2) is 0 Å². The van der Waals surface area contributed by atoms with E-state index in [0.29, 0.717) is 0 Å². The number of hydrogen-bond acceptors (Lipinski definition) is 1. The summed E-state index contributed by atoms with van der Waals surface area (Å²) in [5.41, 5.74) is 3.27. The Bertz CT molecular complexity index is 520. The molecule has 0 atom stereocenters. The van der Waals surface area contributed by atoms with Crippen molar-refractivity contribution in [3.8, 4) is 5.69 Å². The molecule has 0 fully saturated rings. The van der Waals surface area contributed by atoms with Crippen molar-refractivity contribution in [1.82, 2.24) is 4.57 Å². The van der Waals surface area contributed by atoms with E-state index in [-0.39, 0.29) is 5.56 Å². The normalized spacial score (nSPS) is 10.3. The van der Waals surface area contributed by atoms with Crippen LogP contribution in [0.15, 0.2) is 47.4 Å². The van der Waals surface area contributed by atoms with Crippen molar-refractivity contribution < 1.29 is 0 Å². The van der Waals surface area contributed by atoms with E-state index in [2.05, 4.69) is 6.07 Å². The first-order valence-corrected chi connectivity index (χ1v) is 4.93. The topological polar surface area (TPSA) is 22.0 Å². The smallest absolute Gasteiger partial charge is 0.255 e. The summed E-state index contributed by atoms with van der Waals surface area (Å²) in [6.07, 6.45) is 1.79. The van der Waals surface area contributed by atoms with Gasteiger partial charge < -0.3 is 0 Å². The lowest BCUT2D eigenvalue weighted by Gasteiger charge is -2.07. The van der Waals surface area contributed by atoms with Crippen molar-refractivity contribution in [1.29, 1.82) is 0 Å². The van der Waals surface area contributed by atoms with Crippen LogP contribution in [0.2, 0.25) is 0 Å². The molecule has 2 nitrogen and oxygen atoms in total. The maximum absolute atomic E-state index is 11.6. The highest BCUT2D eigenvalue weighted by Crippen LogP contribution is 2.11. The monoisotopic (exact) mass is 199 g/mol. The third-order valence-electron chi connectivity index (χ3n) is 2.31. The minimum absolute atomic E-state index is 0.00231. The molecule has 1 aromatic carbocycles. The SMILES string of the molecule is Cc1cc(C)cc(-n2ccccc2=O)c1. The first kappa shape index (κ1) is 9.71. The second-order valence-electron chi connectivity index (χ2n) is 3.75. The van der Waals surface area contributed by atoms with E-state index < -0.39 is 0 Å². The number of aromatic nitrogens is 1. The van der Waals surface area contributed by atoms with Gasteiger partial charge in [0.25, 0.3) is 5.56 Å². The van der Waals surface area contributed by atoms with Crippen LogP contribution in [0.4, 0.5) is 0 Å². The first-order chi connectivity index (χ1) is 7.16. The zero-order valence-corrected chi connectivity index (χ0v) is 8.90. The van der Waals surface area contributed by atoms with Gasteiger partial charge in [0.1, 0.15) is 0 Å². The lowest BCUT2D eigenvalue weighted by atomic mass is 10.1. The number of pyridine rings is 1. The van der Waals surface area contributed by atoms with Crippen LogP contribution in [0.1, 0.15) is 11.1 Å². The van der Waals surface area contributed by atoms with Crippen LogP contribution in [0.25, 0.3) is 5.69 Å². The Morgan fingerprint density at radius 3 is 2.27 bits per heavy atom. The van der Waals surface area contributed by atoms with E-state index >= 15 is 0 Å². The maximum atomic E-state index is 11.6. The standard InChI is InChI=1S/C13H13NO/c1-10-7-11(2)9-12(8-10)14-6-4-3-5-13(14)15/h3-9H,1-2H3. The van der Waals surface area contributed by atoms with Crippen LogP contribution in [-0.2, 0) is 0 Å². The molecule has 1 aromatic heterocycles. The molecule has 76 valence electrons. The second-order valence-corrected chi connectivity index (χ2v) is 3.75. The molecule has 15 heavy (non-hydrogen) atoms. The van der Waals surface area contributed by atoms with Gasteiger partial charge in [0.2, 0.25) is 0 Å². The van der Waals surface area contributed by atoms with Gasteiger partial charge in [-0.15, -0.1) is 0 Å². The van der Waals surface area contributed by atoms with E-state index in [9.17, 15) is 4.79 Å². The summed E-state index contributed by atoms with van der Waals surface area (Å²) >= 11 is 0. The zero-order valence-electron chi connectivity index (χ0n) is 8.90. The van der Waals surface area contributed by atoms with Gasteiger partial charge in [0.15, 0.2) is 0 Å². The van der Waals surface area contributed by atoms with Crippen molar-refractivity contribution in [2.24, 2.45) is 0 Å². The van der Waals surface area contributed by atoms with E-state index in [1.165, 1.54) is 11.1 Å². The summed E-state index contributed by atoms with van der Waals surface area (Å²) < 4.78 is 1.65. The number of nitrogens with zero attached hydrogens (tertiary/aromatic N) is 1. The molecule has 0 unspecified atom stereocenters. The maximum Gasteiger partial charge on any atom is 0.255 e. The molecular weight excluding hydrogens is 186 g/mol. The van der Waals surface area contributed by atoms with Crippen LogP contribution < -0.4 is 5.56 Å². The molecule has 0 radical (unpaired) electrons. The van der Waals surface area contributed by atoms with Gasteiger partial charge in [-0.1, -0.05) is 12.1 Å². The Balaban J connectivity index is 2.64. The minimum atomic E-state index is 0.00231. The lowest BCUT2D eigenvalue weighted by molar-refractivity contribution is 0.985. The third-order valence-corrected chi connectivity index (χ3v) is 2.31. The fraction of sp³-hybridized carbons (Fsp3) is 0.154. The van der Waals surface area contributed by atoms with Crippen molar-refractivity contribution in [3.05, 3.63) is 64.1 Å². The highest BCUT2D eigenvalue weighted by atomic mass is 16.1. The molecule has 0 amide bonds. The van der Waals surface area contributed by atoms with Crippen LogP contribution >= 0.6 is 0 Å². The van der Waals surface area contributed by atoms with E-state index in [1.807, 2.05) is 32.0 Å². The quantitative estimate of drug-likeness (QED) is 0.691. The highest BCUT2D eigenvalue weighted by Gasteiger charge is 1.99. The average Bonchev–Trinajstić information content (AvgIpc) is 2.16. The number of benzene rings is 1. The molecule has 0 N–H and O–H groups in total. The van der Waals surface area contributed by atoms with Gasteiger partial charge in [-0.3, -0.25) is 9.36 Å². The fourth-order valence-corrected chi connectivity index (χ4v) is 1.73. The fourth-order valence-electron chi connectivity index (χ4n) is 1.73. The molecule has 0 bridgehead atoms. The summed E-state index contributed by atoms with van der Waals surface area (Å²) in [5.74, 6) is 0. The molecule has 0 aliphatic rings. The molecule has 2 heteroatoms. The molecule has 2 rings (SSSR count). The number of aryl methyl sites for hydroxylation is 2. The Labute approximate surface area is 88.8 Å². The molecule has 0 aliphatic heterocycles. The summed E-state index contributed by atoms with van der Waals surface area (Å²) in [6, 6.07) is 11.3. The Kier molecular flexibility index (Phi) is 2.42. The predicted octanol–water partition coefficient (Wildman–Crippen LogP) is 2.45. The summed E-state index contributed by atoms with van der Waals surface area (Å²) in [4.78, 5) is 11.6. The molecule has 0 aliphatic carbocycles. The zero-order chi connectivity index (χ0) is 10.8. The van der Waals surface area contributed by atoms with E-state index in [1.54, 1.807) is 22.9 Å². The van der Waals surface area contributed by atoms with Gasteiger partial charge in [-0.05, 0) is 43.2 Å². The minimum Gasteiger partial charge on any atom is -0.284 e.